The van der Waals surface area contributed by atoms with Crippen LogP contribution in [-0.2, 0) is 4.79 Å². The summed E-state index contributed by atoms with van der Waals surface area (Å²) in [6, 6.07) is 0.417. The van der Waals surface area contributed by atoms with Crippen LogP contribution >= 0.6 is 0 Å². The molecule has 1 amide bonds. The van der Waals surface area contributed by atoms with Gasteiger partial charge in [-0.05, 0) is 38.3 Å². The number of hydrogen-bond donors (Lipinski definition) is 2. The molecule has 0 aromatic carbocycles. The van der Waals surface area contributed by atoms with E-state index in [0.717, 1.165) is 38.9 Å². The van der Waals surface area contributed by atoms with Crippen molar-refractivity contribution in [1.82, 2.24) is 10.2 Å². The van der Waals surface area contributed by atoms with Crippen molar-refractivity contribution in [3.8, 4) is 0 Å². The second-order valence-corrected chi connectivity index (χ2v) is 6.24. The molecule has 2 fully saturated rings. The van der Waals surface area contributed by atoms with Crippen LogP contribution in [0, 0.1) is 5.92 Å². The maximum Gasteiger partial charge on any atom is 0.234 e. The number of carbonyl (C=O) groups is 1. The number of hydrogen-bond acceptors (Lipinski definition) is 3. The van der Waals surface area contributed by atoms with Crippen LogP contribution in [0.4, 0.5) is 0 Å². The summed E-state index contributed by atoms with van der Waals surface area (Å²) in [7, 11) is 0. The van der Waals surface area contributed by atoms with Gasteiger partial charge in [0.15, 0.2) is 0 Å². The number of nitrogens with two attached hydrogens (primary N) is 1. The predicted octanol–water partition coefficient (Wildman–Crippen LogP) is 1.50. The molecule has 0 spiro atoms. The molecule has 2 aliphatic rings. The Morgan fingerprint density at radius 1 is 1.11 bits per heavy atom. The van der Waals surface area contributed by atoms with E-state index in [2.05, 4.69) is 10.2 Å². The first kappa shape index (κ1) is 14.8. The monoisotopic (exact) mass is 267 g/mol. The fourth-order valence-electron chi connectivity index (χ4n) is 3.33. The lowest BCUT2D eigenvalue weighted by molar-refractivity contribution is -0.122. The molecule has 2 rings (SSSR count). The van der Waals surface area contributed by atoms with Crippen LogP contribution < -0.4 is 11.1 Å². The molecule has 0 aromatic rings. The van der Waals surface area contributed by atoms with Crippen molar-refractivity contribution >= 4 is 5.91 Å². The topological polar surface area (TPSA) is 58.4 Å². The second-order valence-electron chi connectivity index (χ2n) is 6.24. The van der Waals surface area contributed by atoms with Crippen LogP contribution in [0.5, 0.6) is 0 Å². The Balaban J connectivity index is 1.68. The van der Waals surface area contributed by atoms with Crippen LogP contribution in [0.3, 0.4) is 0 Å². The van der Waals surface area contributed by atoms with Gasteiger partial charge in [-0.25, -0.2) is 0 Å². The zero-order chi connectivity index (χ0) is 13.5. The van der Waals surface area contributed by atoms with E-state index < -0.39 is 0 Å². The number of nitrogens with zero attached hydrogens (tertiary/aromatic N) is 1. The lowest BCUT2D eigenvalue weighted by atomic mass is 9.97. The van der Waals surface area contributed by atoms with Gasteiger partial charge < -0.3 is 11.1 Å². The average molecular weight is 267 g/mol. The van der Waals surface area contributed by atoms with E-state index in [1.807, 2.05) is 0 Å². The summed E-state index contributed by atoms with van der Waals surface area (Å²) >= 11 is 0. The minimum absolute atomic E-state index is 0.211. The zero-order valence-electron chi connectivity index (χ0n) is 12.1. The van der Waals surface area contributed by atoms with E-state index >= 15 is 0 Å². The van der Waals surface area contributed by atoms with Gasteiger partial charge in [0.2, 0.25) is 5.91 Å². The summed E-state index contributed by atoms with van der Waals surface area (Å²) in [6.45, 7) is 3.34. The molecule has 1 saturated carbocycles. The Morgan fingerprint density at radius 3 is 2.42 bits per heavy atom. The van der Waals surface area contributed by atoms with E-state index in [9.17, 15) is 4.79 Å². The number of rotatable bonds is 4. The van der Waals surface area contributed by atoms with Crippen molar-refractivity contribution in [2.24, 2.45) is 11.7 Å². The first-order valence-corrected chi connectivity index (χ1v) is 7.99. The number of carbonyl (C=O) groups excluding carboxylic acids is 1. The third kappa shape index (κ3) is 5.11. The van der Waals surface area contributed by atoms with Gasteiger partial charge in [0.25, 0.3) is 0 Å². The molecule has 1 heterocycles. The molecule has 1 aliphatic carbocycles. The molecular weight excluding hydrogens is 238 g/mol. The lowest BCUT2D eigenvalue weighted by Gasteiger charge is -2.23. The number of amides is 1. The zero-order valence-corrected chi connectivity index (χ0v) is 12.1. The molecule has 1 saturated heterocycles. The van der Waals surface area contributed by atoms with E-state index in [0.29, 0.717) is 18.5 Å². The average Bonchev–Trinajstić information content (AvgIpc) is 2.80. The van der Waals surface area contributed by atoms with Gasteiger partial charge in [0.05, 0.1) is 6.54 Å². The summed E-state index contributed by atoms with van der Waals surface area (Å²) in [5.41, 5.74) is 5.68. The van der Waals surface area contributed by atoms with Crippen LogP contribution in [-0.4, -0.2) is 43.0 Å². The van der Waals surface area contributed by atoms with Gasteiger partial charge >= 0.3 is 0 Å². The van der Waals surface area contributed by atoms with Gasteiger partial charge in [-0.15, -0.1) is 0 Å². The molecule has 0 bridgehead atoms. The lowest BCUT2D eigenvalue weighted by Crippen LogP contribution is -2.42. The molecule has 0 radical (unpaired) electrons. The highest BCUT2D eigenvalue weighted by molar-refractivity contribution is 5.78. The smallest absolute Gasteiger partial charge is 0.234 e. The summed E-state index contributed by atoms with van der Waals surface area (Å²) in [5.74, 6) is 0.803. The molecule has 0 unspecified atom stereocenters. The Morgan fingerprint density at radius 2 is 1.79 bits per heavy atom. The van der Waals surface area contributed by atoms with E-state index in [-0.39, 0.29) is 5.91 Å². The fourth-order valence-corrected chi connectivity index (χ4v) is 3.33. The highest BCUT2D eigenvalue weighted by Gasteiger charge is 2.23. The Kier molecular flexibility index (Phi) is 6.11. The SMILES string of the molecule is NC[C@@H]1CCN(CC(=O)NC2CCCCCCC2)C1. The molecule has 110 valence electrons. The van der Waals surface area contributed by atoms with Gasteiger partial charge in [-0.2, -0.15) is 0 Å². The molecule has 19 heavy (non-hydrogen) atoms. The first-order valence-electron chi connectivity index (χ1n) is 7.99. The van der Waals surface area contributed by atoms with Crippen molar-refractivity contribution in [3.63, 3.8) is 0 Å². The van der Waals surface area contributed by atoms with Crippen molar-refractivity contribution in [2.45, 2.75) is 57.4 Å². The second kappa shape index (κ2) is 7.85. The van der Waals surface area contributed by atoms with Crippen LogP contribution in [0.15, 0.2) is 0 Å². The van der Waals surface area contributed by atoms with Crippen molar-refractivity contribution < 1.29 is 4.79 Å². The highest BCUT2D eigenvalue weighted by Crippen LogP contribution is 2.17. The van der Waals surface area contributed by atoms with Crippen LogP contribution in [0.2, 0.25) is 0 Å². The standard InChI is InChI=1S/C15H29N3O/c16-10-13-8-9-18(11-13)12-15(19)17-14-6-4-2-1-3-5-7-14/h13-14H,1-12,16H2,(H,17,19)/t13-/m0/s1. The van der Waals surface area contributed by atoms with Crippen molar-refractivity contribution in [2.75, 3.05) is 26.2 Å². The van der Waals surface area contributed by atoms with Gasteiger partial charge in [0.1, 0.15) is 0 Å². The number of nitrogens with one attached hydrogen (secondary N) is 1. The van der Waals surface area contributed by atoms with E-state index in [1.165, 1.54) is 32.1 Å². The fraction of sp³-hybridized carbons (Fsp3) is 0.933. The van der Waals surface area contributed by atoms with E-state index in [4.69, 9.17) is 5.73 Å². The maximum atomic E-state index is 12.1. The van der Waals surface area contributed by atoms with Crippen LogP contribution in [0.25, 0.3) is 0 Å². The van der Waals surface area contributed by atoms with E-state index in [1.54, 1.807) is 0 Å². The quantitative estimate of drug-likeness (QED) is 0.811. The molecule has 1 atom stereocenters. The van der Waals surface area contributed by atoms with Gasteiger partial charge in [0, 0.05) is 12.6 Å². The Labute approximate surface area is 117 Å². The molecule has 4 nitrogen and oxygen atoms in total. The predicted molar refractivity (Wildman–Crippen MR) is 77.9 cm³/mol. The Hall–Kier alpha value is -0.610. The number of likely N-dealkylation sites (tertiary alicyclic amines) is 1. The summed E-state index contributed by atoms with van der Waals surface area (Å²) in [4.78, 5) is 14.3. The van der Waals surface area contributed by atoms with Crippen molar-refractivity contribution in [3.05, 3.63) is 0 Å². The molecule has 1 aliphatic heterocycles. The largest absolute Gasteiger partial charge is 0.352 e. The first-order chi connectivity index (χ1) is 9.28. The molecule has 0 aromatic heterocycles. The minimum Gasteiger partial charge on any atom is -0.352 e. The highest BCUT2D eigenvalue weighted by atomic mass is 16.2. The summed E-state index contributed by atoms with van der Waals surface area (Å²) in [6.07, 6.45) is 10.0. The molecule has 3 N–H and O–H groups in total. The third-order valence-electron chi connectivity index (χ3n) is 4.54. The molecular formula is C15H29N3O. The van der Waals surface area contributed by atoms with Gasteiger partial charge in [-0.3, -0.25) is 9.69 Å². The normalized spacial score (nSPS) is 26.9. The maximum absolute atomic E-state index is 12.1. The van der Waals surface area contributed by atoms with Crippen LogP contribution in [0.1, 0.15) is 51.4 Å². The Bertz CT molecular complexity index is 275. The third-order valence-corrected chi connectivity index (χ3v) is 4.54. The minimum atomic E-state index is 0.211. The summed E-state index contributed by atoms with van der Waals surface area (Å²) < 4.78 is 0. The summed E-state index contributed by atoms with van der Waals surface area (Å²) in [5, 5.41) is 3.23. The molecule has 4 heteroatoms. The van der Waals surface area contributed by atoms with Gasteiger partial charge in [-0.1, -0.05) is 32.1 Å². The van der Waals surface area contributed by atoms with Crippen molar-refractivity contribution in [1.29, 1.82) is 0 Å².